The van der Waals surface area contributed by atoms with Gasteiger partial charge in [0.25, 0.3) is 5.91 Å². The zero-order valence-electron chi connectivity index (χ0n) is 10.3. The number of amides is 1. The van der Waals surface area contributed by atoms with Gasteiger partial charge in [0.2, 0.25) is 0 Å². The van der Waals surface area contributed by atoms with E-state index >= 15 is 0 Å². The highest BCUT2D eigenvalue weighted by atomic mass is 16.3. The Morgan fingerprint density at radius 1 is 1.44 bits per heavy atom. The molecule has 4 nitrogen and oxygen atoms in total. The number of hydrogen-bond donors (Lipinski definition) is 1. The number of fused-ring (bicyclic) bond motifs is 1. The van der Waals surface area contributed by atoms with Gasteiger partial charge in [0.1, 0.15) is 5.58 Å². The van der Waals surface area contributed by atoms with Gasteiger partial charge >= 0.3 is 0 Å². The van der Waals surface area contributed by atoms with Gasteiger partial charge in [-0.15, -0.1) is 0 Å². The van der Waals surface area contributed by atoms with E-state index < -0.39 is 0 Å². The Labute approximate surface area is 106 Å². The lowest BCUT2D eigenvalue weighted by Crippen LogP contribution is -2.51. The van der Waals surface area contributed by atoms with Crippen LogP contribution >= 0.6 is 0 Å². The number of furan rings is 1. The Morgan fingerprint density at radius 2 is 2.28 bits per heavy atom. The summed E-state index contributed by atoms with van der Waals surface area (Å²) in [6, 6.07) is 9.85. The Kier molecular flexibility index (Phi) is 2.80. The molecular weight excluding hydrogens is 228 g/mol. The van der Waals surface area contributed by atoms with Crippen LogP contribution in [0.3, 0.4) is 0 Å². The van der Waals surface area contributed by atoms with Gasteiger partial charge in [-0.3, -0.25) is 4.79 Å². The van der Waals surface area contributed by atoms with Gasteiger partial charge in [0, 0.05) is 31.1 Å². The van der Waals surface area contributed by atoms with Gasteiger partial charge in [-0.2, -0.15) is 0 Å². The van der Waals surface area contributed by atoms with Crippen molar-refractivity contribution in [2.45, 2.75) is 13.0 Å². The van der Waals surface area contributed by atoms with Crippen LogP contribution < -0.4 is 5.32 Å². The zero-order valence-corrected chi connectivity index (χ0v) is 10.3. The maximum atomic E-state index is 12.3. The van der Waals surface area contributed by atoms with Crippen LogP contribution in [0.1, 0.15) is 17.5 Å². The first-order chi connectivity index (χ1) is 8.74. The molecule has 3 rings (SSSR count). The summed E-state index contributed by atoms with van der Waals surface area (Å²) in [5.74, 6) is 0.421. The average molecular weight is 244 g/mol. The van der Waals surface area contributed by atoms with Crippen molar-refractivity contribution < 1.29 is 9.21 Å². The van der Waals surface area contributed by atoms with Crippen LogP contribution in [0.4, 0.5) is 0 Å². The predicted molar refractivity (Wildman–Crippen MR) is 69.6 cm³/mol. The van der Waals surface area contributed by atoms with Crippen LogP contribution in [-0.4, -0.2) is 36.5 Å². The van der Waals surface area contributed by atoms with Crippen molar-refractivity contribution in [2.24, 2.45) is 0 Å². The van der Waals surface area contributed by atoms with Gasteiger partial charge in [-0.25, -0.2) is 0 Å². The fraction of sp³-hybridized carbons (Fsp3) is 0.357. The van der Waals surface area contributed by atoms with Crippen LogP contribution in [0.15, 0.2) is 34.7 Å². The van der Waals surface area contributed by atoms with Crippen molar-refractivity contribution in [1.29, 1.82) is 0 Å². The lowest BCUT2D eigenvalue weighted by Gasteiger charge is -2.31. The predicted octanol–water partition coefficient (Wildman–Crippen LogP) is 1.87. The van der Waals surface area contributed by atoms with Crippen molar-refractivity contribution in [3.8, 4) is 0 Å². The lowest BCUT2D eigenvalue weighted by molar-refractivity contribution is 0.0679. The van der Waals surface area contributed by atoms with Gasteiger partial charge in [0.15, 0.2) is 5.76 Å². The third-order valence-electron chi connectivity index (χ3n) is 3.29. The number of carbonyl (C=O) groups excluding carboxylic acids is 1. The molecule has 1 fully saturated rings. The number of hydrogen-bond acceptors (Lipinski definition) is 3. The third kappa shape index (κ3) is 1.99. The zero-order chi connectivity index (χ0) is 12.5. The van der Waals surface area contributed by atoms with Crippen LogP contribution in [-0.2, 0) is 0 Å². The van der Waals surface area contributed by atoms with E-state index in [1.54, 1.807) is 0 Å². The molecule has 1 aromatic heterocycles. The molecule has 0 bridgehead atoms. The van der Waals surface area contributed by atoms with Gasteiger partial charge < -0.3 is 14.6 Å². The van der Waals surface area contributed by atoms with Crippen LogP contribution in [0.5, 0.6) is 0 Å². The van der Waals surface area contributed by atoms with E-state index in [1.807, 2.05) is 35.2 Å². The topological polar surface area (TPSA) is 45.5 Å². The summed E-state index contributed by atoms with van der Waals surface area (Å²) in [7, 11) is 0. The first-order valence-corrected chi connectivity index (χ1v) is 6.25. The highest BCUT2D eigenvalue weighted by Crippen LogP contribution is 2.20. The minimum atomic E-state index is -0.0143. The van der Waals surface area contributed by atoms with Crippen molar-refractivity contribution in [2.75, 3.05) is 19.6 Å². The maximum absolute atomic E-state index is 12.3. The molecule has 18 heavy (non-hydrogen) atoms. The molecular formula is C14H16N2O2. The molecule has 4 heteroatoms. The molecule has 2 aromatic rings. The van der Waals surface area contributed by atoms with E-state index in [1.165, 1.54) is 0 Å². The Bertz CT molecular complexity index is 543. The van der Waals surface area contributed by atoms with E-state index in [2.05, 4.69) is 12.2 Å². The van der Waals surface area contributed by atoms with Crippen molar-refractivity contribution in [1.82, 2.24) is 10.2 Å². The van der Waals surface area contributed by atoms with Gasteiger partial charge in [-0.1, -0.05) is 18.2 Å². The normalized spacial score (nSPS) is 20.3. The minimum Gasteiger partial charge on any atom is -0.451 e. The molecule has 2 heterocycles. The number of benzene rings is 1. The number of carbonyl (C=O) groups is 1. The molecule has 0 spiro atoms. The van der Waals surface area contributed by atoms with E-state index in [4.69, 9.17) is 4.42 Å². The Hall–Kier alpha value is -1.81. The maximum Gasteiger partial charge on any atom is 0.289 e. The first-order valence-electron chi connectivity index (χ1n) is 6.25. The highest BCUT2D eigenvalue weighted by Gasteiger charge is 2.24. The molecule has 94 valence electrons. The van der Waals surface area contributed by atoms with Crippen molar-refractivity contribution >= 4 is 16.9 Å². The smallest absolute Gasteiger partial charge is 0.289 e. The van der Waals surface area contributed by atoms with E-state index in [0.717, 1.165) is 30.6 Å². The molecule has 1 saturated heterocycles. The molecule has 1 aliphatic heterocycles. The van der Waals surface area contributed by atoms with Gasteiger partial charge in [0.05, 0.1) is 0 Å². The molecule has 0 saturated carbocycles. The number of para-hydroxylation sites is 1. The Balaban J connectivity index is 1.87. The molecule has 1 unspecified atom stereocenters. The summed E-state index contributed by atoms with van der Waals surface area (Å²) < 4.78 is 5.61. The van der Waals surface area contributed by atoms with Crippen LogP contribution in [0, 0.1) is 0 Å². The SMILES string of the molecule is CC1CN(C(=O)c2cc3ccccc3o2)CCN1. The number of nitrogens with one attached hydrogen (secondary N) is 1. The summed E-state index contributed by atoms with van der Waals surface area (Å²) in [4.78, 5) is 14.2. The molecule has 1 aromatic carbocycles. The fourth-order valence-corrected chi connectivity index (χ4v) is 2.36. The standard InChI is InChI=1S/C14H16N2O2/c1-10-9-16(7-6-15-10)14(17)13-8-11-4-2-3-5-12(11)18-13/h2-5,8,10,15H,6-7,9H2,1H3. The second-order valence-corrected chi connectivity index (χ2v) is 4.75. The quantitative estimate of drug-likeness (QED) is 0.833. The number of piperazine rings is 1. The largest absolute Gasteiger partial charge is 0.451 e. The third-order valence-corrected chi connectivity index (χ3v) is 3.29. The van der Waals surface area contributed by atoms with E-state index in [9.17, 15) is 4.79 Å². The highest BCUT2D eigenvalue weighted by molar-refractivity contribution is 5.96. The van der Waals surface area contributed by atoms with Crippen LogP contribution in [0.2, 0.25) is 0 Å². The number of rotatable bonds is 1. The molecule has 0 radical (unpaired) electrons. The molecule has 1 aliphatic rings. The molecule has 1 N–H and O–H groups in total. The number of nitrogens with zero attached hydrogens (tertiary/aromatic N) is 1. The molecule has 1 amide bonds. The van der Waals surface area contributed by atoms with Gasteiger partial charge in [-0.05, 0) is 19.1 Å². The average Bonchev–Trinajstić information content (AvgIpc) is 2.81. The summed E-state index contributed by atoms with van der Waals surface area (Å²) >= 11 is 0. The summed E-state index contributed by atoms with van der Waals surface area (Å²) in [5, 5.41) is 4.30. The molecule has 0 aliphatic carbocycles. The second-order valence-electron chi connectivity index (χ2n) is 4.75. The van der Waals surface area contributed by atoms with Crippen LogP contribution in [0.25, 0.3) is 11.0 Å². The fourth-order valence-electron chi connectivity index (χ4n) is 2.36. The molecule has 1 atom stereocenters. The van der Waals surface area contributed by atoms with E-state index in [0.29, 0.717) is 11.8 Å². The minimum absolute atomic E-state index is 0.0143. The van der Waals surface area contributed by atoms with Crippen molar-refractivity contribution in [3.05, 3.63) is 36.1 Å². The second kappa shape index (κ2) is 4.46. The van der Waals surface area contributed by atoms with E-state index in [-0.39, 0.29) is 5.91 Å². The summed E-state index contributed by atoms with van der Waals surface area (Å²) in [6.07, 6.45) is 0. The monoisotopic (exact) mass is 244 g/mol. The lowest BCUT2D eigenvalue weighted by atomic mass is 10.2. The first kappa shape index (κ1) is 11.3. The summed E-state index contributed by atoms with van der Waals surface area (Å²) in [6.45, 7) is 4.39. The Morgan fingerprint density at radius 3 is 3.06 bits per heavy atom. The van der Waals surface area contributed by atoms with Crippen molar-refractivity contribution in [3.63, 3.8) is 0 Å². The summed E-state index contributed by atoms with van der Waals surface area (Å²) in [5.41, 5.74) is 0.768.